The third-order valence-electron chi connectivity index (χ3n) is 5.35. The van der Waals surface area contributed by atoms with Gasteiger partial charge in [-0.05, 0) is 68.6 Å². The van der Waals surface area contributed by atoms with Gasteiger partial charge < -0.3 is 15.5 Å². The maximum atomic E-state index is 12.9. The third kappa shape index (κ3) is 4.98. The average Bonchev–Trinajstić information content (AvgIpc) is 2.74. The number of aryl methyl sites for hydroxylation is 1. The lowest BCUT2D eigenvalue weighted by Gasteiger charge is -2.32. The minimum Gasteiger partial charge on any atom is -0.339 e. The van der Waals surface area contributed by atoms with Gasteiger partial charge in [-0.3, -0.25) is 9.59 Å². The number of carbonyl (C=O) groups excluding carboxylic acids is 2. The lowest BCUT2D eigenvalue weighted by atomic mass is 9.96. The molecule has 2 amide bonds. The first-order chi connectivity index (χ1) is 13.6. The molecule has 0 atom stereocenters. The molecule has 1 saturated heterocycles. The molecule has 5 heteroatoms. The molecule has 0 unspecified atom stereocenters. The predicted octanol–water partition coefficient (Wildman–Crippen LogP) is 3.71. The van der Waals surface area contributed by atoms with E-state index >= 15 is 0 Å². The zero-order valence-electron chi connectivity index (χ0n) is 16.7. The van der Waals surface area contributed by atoms with Gasteiger partial charge in [0.2, 0.25) is 0 Å². The SMILES string of the molecule is CCNCC1CCN(C(=O)c2ccc(C)c(NC(=O)c3ccccc3)c2)CC1. The van der Waals surface area contributed by atoms with Crippen molar-refractivity contribution >= 4 is 17.5 Å². The van der Waals surface area contributed by atoms with Crippen molar-refractivity contribution in [1.82, 2.24) is 10.2 Å². The number of anilines is 1. The minimum absolute atomic E-state index is 0.0390. The van der Waals surface area contributed by atoms with Gasteiger partial charge >= 0.3 is 0 Å². The molecule has 2 N–H and O–H groups in total. The van der Waals surface area contributed by atoms with E-state index in [0.717, 1.165) is 44.6 Å². The molecular formula is C23H29N3O2. The standard InChI is InChI=1S/C23H29N3O2/c1-3-24-16-18-11-13-26(14-12-18)23(28)20-10-9-17(2)21(15-20)25-22(27)19-7-5-4-6-8-19/h4-10,15,18,24H,3,11-14,16H2,1-2H3,(H,25,27). The number of hydrogen-bond acceptors (Lipinski definition) is 3. The summed E-state index contributed by atoms with van der Waals surface area (Å²) in [5, 5.41) is 6.33. The Hall–Kier alpha value is -2.66. The van der Waals surface area contributed by atoms with Crippen molar-refractivity contribution < 1.29 is 9.59 Å². The summed E-state index contributed by atoms with van der Waals surface area (Å²) in [5.74, 6) is 0.511. The number of hydrogen-bond donors (Lipinski definition) is 2. The highest BCUT2D eigenvalue weighted by molar-refractivity contribution is 6.05. The van der Waals surface area contributed by atoms with E-state index in [0.29, 0.717) is 22.7 Å². The molecule has 0 saturated carbocycles. The fourth-order valence-corrected chi connectivity index (χ4v) is 3.54. The average molecular weight is 380 g/mol. The third-order valence-corrected chi connectivity index (χ3v) is 5.35. The van der Waals surface area contributed by atoms with E-state index in [2.05, 4.69) is 17.6 Å². The molecule has 5 nitrogen and oxygen atoms in total. The molecule has 1 fully saturated rings. The summed E-state index contributed by atoms with van der Waals surface area (Å²) in [5.41, 5.74) is 2.84. The van der Waals surface area contributed by atoms with Crippen LogP contribution in [0.4, 0.5) is 5.69 Å². The maximum Gasteiger partial charge on any atom is 0.255 e. The molecular weight excluding hydrogens is 350 g/mol. The number of likely N-dealkylation sites (tertiary alicyclic amines) is 1. The molecule has 1 aliphatic heterocycles. The summed E-state index contributed by atoms with van der Waals surface area (Å²) < 4.78 is 0. The predicted molar refractivity (Wildman–Crippen MR) is 113 cm³/mol. The van der Waals surface area contributed by atoms with Crippen molar-refractivity contribution in [3.05, 3.63) is 65.2 Å². The zero-order chi connectivity index (χ0) is 19.9. The highest BCUT2D eigenvalue weighted by atomic mass is 16.2. The van der Waals surface area contributed by atoms with Gasteiger partial charge in [-0.2, -0.15) is 0 Å². The molecule has 1 heterocycles. The van der Waals surface area contributed by atoms with Crippen LogP contribution in [0, 0.1) is 12.8 Å². The lowest BCUT2D eigenvalue weighted by molar-refractivity contribution is 0.0690. The second-order valence-corrected chi connectivity index (χ2v) is 7.39. The summed E-state index contributed by atoms with van der Waals surface area (Å²) in [7, 11) is 0. The molecule has 0 spiro atoms. The van der Waals surface area contributed by atoms with E-state index < -0.39 is 0 Å². The number of carbonyl (C=O) groups is 2. The molecule has 28 heavy (non-hydrogen) atoms. The Morgan fingerprint density at radius 1 is 1.04 bits per heavy atom. The number of piperidine rings is 1. The first-order valence-corrected chi connectivity index (χ1v) is 10.1. The van der Waals surface area contributed by atoms with Crippen LogP contribution in [0.2, 0.25) is 0 Å². The highest BCUT2D eigenvalue weighted by Gasteiger charge is 2.23. The Kier molecular flexibility index (Phi) is 6.82. The second kappa shape index (κ2) is 9.51. The van der Waals surface area contributed by atoms with Crippen molar-refractivity contribution in [2.75, 3.05) is 31.5 Å². The van der Waals surface area contributed by atoms with Gasteiger partial charge in [-0.1, -0.05) is 31.2 Å². The van der Waals surface area contributed by atoms with Crippen LogP contribution in [0.1, 0.15) is 46.0 Å². The fraction of sp³-hybridized carbons (Fsp3) is 0.391. The van der Waals surface area contributed by atoms with Crippen molar-refractivity contribution in [2.24, 2.45) is 5.92 Å². The van der Waals surface area contributed by atoms with Gasteiger partial charge in [-0.15, -0.1) is 0 Å². The summed E-state index contributed by atoms with van der Waals surface area (Å²) in [6, 6.07) is 14.6. The van der Waals surface area contributed by atoms with Crippen LogP contribution in [0.3, 0.4) is 0 Å². The first-order valence-electron chi connectivity index (χ1n) is 10.1. The fourth-order valence-electron chi connectivity index (χ4n) is 3.54. The van der Waals surface area contributed by atoms with E-state index in [4.69, 9.17) is 0 Å². The molecule has 1 aliphatic rings. The van der Waals surface area contributed by atoms with Crippen LogP contribution in [0.15, 0.2) is 48.5 Å². The molecule has 2 aromatic carbocycles. The van der Waals surface area contributed by atoms with E-state index in [1.807, 2.05) is 42.2 Å². The summed E-state index contributed by atoms with van der Waals surface area (Å²) in [6.45, 7) is 7.63. The molecule has 2 aromatic rings. The number of rotatable bonds is 6. The van der Waals surface area contributed by atoms with E-state index in [-0.39, 0.29) is 11.8 Å². The molecule has 3 rings (SSSR count). The molecule has 148 valence electrons. The van der Waals surface area contributed by atoms with Gasteiger partial charge in [-0.25, -0.2) is 0 Å². The summed E-state index contributed by atoms with van der Waals surface area (Å²) in [4.78, 5) is 27.3. The smallest absolute Gasteiger partial charge is 0.255 e. The van der Waals surface area contributed by atoms with Crippen LogP contribution in [0.25, 0.3) is 0 Å². The Labute approximate surface area is 167 Å². The normalized spacial score (nSPS) is 14.7. The largest absolute Gasteiger partial charge is 0.339 e. The topological polar surface area (TPSA) is 61.4 Å². The monoisotopic (exact) mass is 379 g/mol. The minimum atomic E-state index is -0.169. The van der Waals surface area contributed by atoms with Crippen molar-refractivity contribution in [3.63, 3.8) is 0 Å². The van der Waals surface area contributed by atoms with Crippen LogP contribution in [0.5, 0.6) is 0 Å². The molecule has 0 aliphatic carbocycles. The Morgan fingerprint density at radius 3 is 2.43 bits per heavy atom. The van der Waals surface area contributed by atoms with E-state index in [9.17, 15) is 9.59 Å². The van der Waals surface area contributed by atoms with Gasteiger partial charge in [0.25, 0.3) is 11.8 Å². The van der Waals surface area contributed by atoms with Gasteiger partial charge in [0.05, 0.1) is 0 Å². The first kappa shape index (κ1) is 20.1. The number of nitrogens with zero attached hydrogens (tertiary/aromatic N) is 1. The number of amides is 2. The molecule has 0 aromatic heterocycles. The van der Waals surface area contributed by atoms with Crippen molar-refractivity contribution in [3.8, 4) is 0 Å². The maximum absolute atomic E-state index is 12.9. The Morgan fingerprint density at radius 2 is 1.75 bits per heavy atom. The van der Waals surface area contributed by atoms with Gasteiger partial charge in [0.1, 0.15) is 0 Å². The van der Waals surface area contributed by atoms with E-state index in [1.54, 1.807) is 18.2 Å². The quantitative estimate of drug-likeness (QED) is 0.804. The van der Waals surface area contributed by atoms with Crippen LogP contribution < -0.4 is 10.6 Å². The van der Waals surface area contributed by atoms with Gasteiger partial charge in [0.15, 0.2) is 0 Å². The van der Waals surface area contributed by atoms with Gasteiger partial charge in [0, 0.05) is 29.9 Å². The van der Waals surface area contributed by atoms with Crippen LogP contribution in [-0.2, 0) is 0 Å². The summed E-state index contributed by atoms with van der Waals surface area (Å²) in [6.07, 6.45) is 2.06. The number of benzene rings is 2. The molecule has 0 radical (unpaired) electrons. The van der Waals surface area contributed by atoms with Crippen LogP contribution >= 0.6 is 0 Å². The molecule has 0 bridgehead atoms. The van der Waals surface area contributed by atoms with E-state index in [1.165, 1.54) is 0 Å². The van der Waals surface area contributed by atoms with Crippen molar-refractivity contribution in [2.45, 2.75) is 26.7 Å². The Balaban J connectivity index is 1.66. The summed E-state index contributed by atoms with van der Waals surface area (Å²) >= 11 is 0. The number of nitrogens with one attached hydrogen (secondary N) is 2. The van der Waals surface area contributed by atoms with Crippen molar-refractivity contribution in [1.29, 1.82) is 0 Å². The highest BCUT2D eigenvalue weighted by Crippen LogP contribution is 2.22. The van der Waals surface area contributed by atoms with Crippen LogP contribution in [-0.4, -0.2) is 42.9 Å². The lowest BCUT2D eigenvalue weighted by Crippen LogP contribution is -2.40. The zero-order valence-corrected chi connectivity index (χ0v) is 16.7. The second-order valence-electron chi connectivity index (χ2n) is 7.39. The Bertz CT molecular complexity index is 812.